The molecule has 162 valence electrons. The fourth-order valence-electron chi connectivity index (χ4n) is 4.18. The van der Waals surface area contributed by atoms with Crippen LogP contribution in [0.3, 0.4) is 0 Å². The zero-order valence-electron chi connectivity index (χ0n) is 17.2. The number of nitrogens with zero attached hydrogens (tertiary/aromatic N) is 3. The van der Waals surface area contributed by atoms with Gasteiger partial charge in [-0.1, -0.05) is 12.1 Å². The molecule has 2 fully saturated rings. The number of anilines is 3. The number of amides is 1. The van der Waals surface area contributed by atoms with Crippen molar-refractivity contribution in [2.45, 2.75) is 25.7 Å². The molecule has 2 aliphatic heterocycles. The van der Waals surface area contributed by atoms with Crippen molar-refractivity contribution in [3.05, 3.63) is 58.1 Å². The molecule has 8 nitrogen and oxygen atoms in total. The summed E-state index contributed by atoms with van der Waals surface area (Å²) >= 11 is 5.34. The molecule has 2 aromatic rings. The molecule has 4 rings (SSSR count). The number of hydrogen-bond donors (Lipinski definition) is 2. The summed E-state index contributed by atoms with van der Waals surface area (Å²) in [6.07, 6.45) is 4.33. The van der Waals surface area contributed by atoms with E-state index in [2.05, 4.69) is 15.5 Å². The van der Waals surface area contributed by atoms with Gasteiger partial charge in [-0.05, 0) is 62.2 Å². The van der Waals surface area contributed by atoms with Crippen LogP contribution < -0.4 is 20.4 Å². The lowest BCUT2D eigenvalue weighted by atomic mass is 10.1. The van der Waals surface area contributed by atoms with Crippen molar-refractivity contribution >= 4 is 46.0 Å². The molecule has 2 aromatic carbocycles. The molecule has 0 bridgehead atoms. The number of nitro benzene ring substituents is 1. The summed E-state index contributed by atoms with van der Waals surface area (Å²) < 4.78 is 0. The molecule has 2 N–H and O–H groups in total. The molecule has 0 aliphatic carbocycles. The number of carbonyl (C=O) groups is 1. The lowest BCUT2D eigenvalue weighted by Crippen LogP contribution is -2.34. The van der Waals surface area contributed by atoms with E-state index in [4.69, 9.17) is 12.2 Å². The normalized spacial score (nSPS) is 15.7. The number of para-hydroxylation sites is 2. The third-order valence-electron chi connectivity index (χ3n) is 5.71. The largest absolute Gasteiger partial charge is 0.370 e. The Labute approximate surface area is 186 Å². The Bertz CT molecular complexity index is 1000. The van der Waals surface area contributed by atoms with Crippen LogP contribution in [0, 0.1) is 10.1 Å². The van der Waals surface area contributed by atoms with Gasteiger partial charge in [0.05, 0.1) is 16.3 Å². The number of carbonyl (C=O) groups excluding carboxylic acids is 1. The first kappa shape index (κ1) is 21.0. The van der Waals surface area contributed by atoms with Crippen LogP contribution in [0.5, 0.6) is 0 Å². The van der Waals surface area contributed by atoms with Crippen LogP contribution in [-0.2, 0) is 0 Å². The fraction of sp³-hybridized carbons (Fsp3) is 0.364. The molecule has 2 saturated heterocycles. The van der Waals surface area contributed by atoms with E-state index >= 15 is 0 Å². The lowest BCUT2D eigenvalue weighted by Gasteiger charge is -2.22. The van der Waals surface area contributed by atoms with Gasteiger partial charge in [0.25, 0.3) is 11.6 Å². The molecule has 0 saturated carbocycles. The van der Waals surface area contributed by atoms with E-state index in [1.807, 2.05) is 29.2 Å². The van der Waals surface area contributed by atoms with Gasteiger partial charge in [0, 0.05) is 37.8 Å². The van der Waals surface area contributed by atoms with E-state index in [1.165, 1.54) is 6.07 Å². The summed E-state index contributed by atoms with van der Waals surface area (Å²) in [5, 5.41) is 17.5. The SMILES string of the molecule is O=C(NC(=S)Nc1ccccc1N1CCCC1)c1ccc(N2CCCC2)c([N+](=O)[O-])c1. The third kappa shape index (κ3) is 4.77. The maximum Gasteiger partial charge on any atom is 0.293 e. The van der Waals surface area contributed by atoms with Crippen molar-refractivity contribution < 1.29 is 9.72 Å². The molecule has 31 heavy (non-hydrogen) atoms. The highest BCUT2D eigenvalue weighted by Crippen LogP contribution is 2.32. The van der Waals surface area contributed by atoms with Crippen molar-refractivity contribution in [1.29, 1.82) is 0 Å². The topological polar surface area (TPSA) is 90.8 Å². The average molecular weight is 440 g/mol. The van der Waals surface area contributed by atoms with Gasteiger partial charge in [-0.3, -0.25) is 20.2 Å². The van der Waals surface area contributed by atoms with Crippen molar-refractivity contribution in [3.63, 3.8) is 0 Å². The van der Waals surface area contributed by atoms with E-state index in [0.717, 1.165) is 63.2 Å². The minimum absolute atomic E-state index is 0.0622. The monoisotopic (exact) mass is 439 g/mol. The number of hydrogen-bond acceptors (Lipinski definition) is 6. The molecule has 2 aliphatic rings. The standard InChI is InChI=1S/C22H25N5O3S/c28-21(16-9-10-19(20(15-16)27(29)30)26-13-5-6-14-26)24-22(31)23-17-7-1-2-8-18(17)25-11-3-4-12-25/h1-2,7-10,15H,3-6,11-14H2,(H2,23,24,28,31). The lowest BCUT2D eigenvalue weighted by molar-refractivity contribution is -0.384. The second kappa shape index (κ2) is 9.30. The van der Waals surface area contributed by atoms with Gasteiger partial charge in [-0.2, -0.15) is 0 Å². The molecule has 0 radical (unpaired) electrons. The minimum atomic E-state index is -0.479. The van der Waals surface area contributed by atoms with E-state index in [0.29, 0.717) is 5.69 Å². The van der Waals surface area contributed by atoms with Crippen LogP contribution >= 0.6 is 12.2 Å². The molecule has 0 spiro atoms. The third-order valence-corrected chi connectivity index (χ3v) is 5.91. The molecular formula is C22H25N5O3S. The van der Waals surface area contributed by atoms with Crippen LogP contribution in [0.25, 0.3) is 0 Å². The number of benzene rings is 2. The second-order valence-electron chi connectivity index (χ2n) is 7.77. The maximum atomic E-state index is 12.7. The second-order valence-corrected chi connectivity index (χ2v) is 8.18. The Hall–Kier alpha value is -3.20. The Morgan fingerprint density at radius 3 is 2.19 bits per heavy atom. The molecule has 0 unspecified atom stereocenters. The van der Waals surface area contributed by atoms with Gasteiger partial charge in [0.2, 0.25) is 0 Å². The summed E-state index contributed by atoms with van der Waals surface area (Å²) in [5.74, 6) is -0.479. The Kier molecular flexibility index (Phi) is 6.31. The van der Waals surface area contributed by atoms with Crippen LogP contribution in [-0.4, -0.2) is 42.1 Å². The van der Waals surface area contributed by atoms with Crippen molar-refractivity contribution in [2.75, 3.05) is 41.3 Å². The van der Waals surface area contributed by atoms with Crippen molar-refractivity contribution in [1.82, 2.24) is 5.32 Å². The number of nitro groups is 1. The van der Waals surface area contributed by atoms with Gasteiger partial charge >= 0.3 is 0 Å². The molecule has 1 amide bonds. The Morgan fingerprint density at radius 2 is 1.55 bits per heavy atom. The smallest absolute Gasteiger partial charge is 0.293 e. The van der Waals surface area contributed by atoms with E-state index in [9.17, 15) is 14.9 Å². The predicted octanol–water partition coefficient (Wildman–Crippen LogP) is 3.92. The van der Waals surface area contributed by atoms with E-state index in [1.54, 1.807) is 12.1 Å². The van der Waals surface area contributed by atoms with Gasteiger partial charge in [-0.25, -0.2) is 0 Å². The summed E-state index contributed by atoms with van der Waals surface area (Å²) in [7, 11) is 0. The molecule has 0 atom stereocenters. The van der Waals surface area contributed by atoms with Crippen LogP contribution in [0.15, 0.2) is 42.5 Å². The first-order valence-corrected chi connectivity index (χ1v) is 10.9. The predicted molar refractivity (Wildman–Crippen MR) is 126 cm³/mol. The van der Waals surface area contributed by atoms with Crippen LogP contribution in [0.1, 0.15) is 36.0 Å². The van der Waals surface area contributed by atoms with Crippen molar-refractivity contribution in [3.8, 4) is 0 Å². The summed E-state index contributed by atoms with van der Waals surface area (Å²) in [6.45, 7) is 3.56. The zero-order valence-corrected chi connectivity index (χ0v) is 18.0. The summed E-state index contributed by atoms with van der Waals surface area (Å²) in [4.78, 5) is 28.1. The quantitative estimate of drug-likeness (QED) is 0.414. The molecular weight excluding hydrogens is 414 g/mol. The Morgan fingerprint density at radius 1 is 0.935 bits per heavy atom. The van der Waals surface area contributed by atoms with Gasteiger partial charge in [-0.15, -0.1) is 0 Å². The summed E-state index contributed by atoms with van der Waals surface area (Å²) in [6, 6.07) is 12.4. The van der Waals surface area contributed by atoms with E-state index < -0.39 is 10.8 Å². The number of rotatable bonds is 5. The highest BCUT2D eigenvalue weighted by Gasteiger charge is 2.24. The number of thiocarbonyl (C=S) groups is 1. The number of nitrogens with one attached hydrogen (secondary N) is 2. The van der Waals surface area contributed by atoms with Gasteiger partial charge in [0.1, 0.15) is 5.69 Å². The van der Waals surface area contributed by atoms with E-state index in [-0.39, 0.29) is 16.4 Å². The first-order valence-electron chi connectivity index (χ1n) is 10.5. The Balaban J connectivity index is 1.46. The first-order chi connectivity index (χ1) is 15.0. The minimum Gasteiger partial charge on any atom is -0.370 e. The van der Waals surface area contributed by atoms with Gasteiger partial charge in [0.15, 0.2) is 5.11 Å². The highest BCUT2D eigenvalue weighted by atomic mass is 32.1. The highest BCUT2D eigenvalue weighted by molar-refractivity contribution is 7.80. The molecule has 0 aromatic heterocycles. The fourth-order valence-corrected chi connectivity index (χ4v) is 4.38. The average Bonchev–Trinajstić information content (AvgIpc) is 3.48. The summed E-state index contributed by atoms with van der Waals surface area (Å²) in [5.41, 5.74) is 2.56. The van der Waals surface area contributed by atoms with Gasteiger partial charge < -0.3 is 15.1 Å². The maximum absolute atomic E-state index is 12.7. The molecule has 2 heterocycles. The van der Waals surface area contributed by atoms with Crippen molar-refractivity contribution in [2.24, 2.45) is 0 Å². The van der Waals surface area contributed by atoms with Crippen LogP contribution in [0.2, 0.25) is 0 Å². The molecule has 9 heteroatoms. The van der Waals surface area contributed by atoms with Crippen LogP contribution in [0.4, 0.5) is 22.7 Å². The zero-order chi connectivity index (χ0) is 21.8.